The topological polar surface area (TPSA) is 79.0 Å². The number of benzene rings is 2. The van der Waals surface area contributed by atoms with Crippen LogP contribution in [-0.4, -0.2) is 57.3 Å². The molecule has 2 aromatic rings. The predicted molar refractivity (Wildman–Crippen MR) is 127 cm³/mol. The second-order valence-corrected chi connectivity index (χ2v) is 10.4. The molecule has 0 atom stereocenters. The normalized spacial score (nSPS) is 15.4. The first kappa shape index (κ1) is 24.5. The van der Waals surface area contributed by atoms with Gasteiger partial charge in [0.1, 0.15) is 5.75 Å². The van der Waals surface area contributed by atoms with Crippen LogP contribution in [0.3, 0.4) is 0 Å². The van der Waals surface area contributed by atoms with Gasteiger partial charge in [-0.05, 0) is 55.8 Å². The molecule has 0 radical (unpaired) electrons. The van der Waals surface area contributed by atoms with Crippen LogP contribution in [0.2, 0.25) is 5.02 Å². The molecule has 0 bridgehead atoms. The number of sulfonamides is 1. The van der Waals surface area contributed by atoms with Crippen LogP contribution in [0.15, 0.2) is 47.4 Å². The fourth-order valence-electron chi connectivity index (χ4n) is 3.77. The van der Waals surface area contributed by atoms with Crippen LogP contribution in [0.4, 0.5) is 5.69 Å². The van der Waals surface area contributed by atoms with Crippen LogP contribution in [0.1, 0.15) is 31.2 Å². The number of halogens is 1. The van der Waals surface area contributed by atoms with E-state index in [1.165, 1.54) is 22.5 Å². The summed E-state index contributed by atoms with van der Waals surface area (Å²) in [5.74, 6) is 0.483. The number of methoxy groups -OCH3 is 1. The van der Waals surface area contributed by atoms with Crippen molar-refractivity contribution in [2.45, 2.75) is 37.1 Å². The van der Waals surface area contributed by atoms with Gasteiger partial charge in [-0.15, -0.1) is 0 Å². The summed E-state index contributed by atoms with van der Waals surface area (Å²) in [4.78, 5) is 14.6. The Morgan fingerprint density at radius 1 is 1.12 bits per heavy atom. The fourth-order valence-corrected chi connectivity index (χ4v) is 5.47. The molecular weight excluding hydrogens is 450 g/mol. The maximum absolute atomic E-state index is 13.1. The van der Waals surface area contributed by atoms with Crippen molar-refractivity contribution in [3.05, 3.63) is 53.1 Å². The lowest BCUT2D eigenvalue weighted by molar-refractivity contribution is -0.117. The number of nitrogens with one attached hydrogen (secondary N) is 1. The minimum Gasteiger partial charge on any atom is -0.497 e. The third-order valence-corrected chi connectivity index (χ3v) is 7.64. The van der Waals surface area contributed by atoms with Crippen LogP contribution >= 0.6 is 11.6 Å². The van der Waals surface area contributed by atoms with Crippen LogP contribution in [0.25, 0.3) is 0 Å². The Hall–Kier alpha value is -2.13. The Morgan fingerprint density at radius 2 is 1.84 bits per heavy atom. The molecule has 0 aromatic heterocycles. The summed E-state index contributed by atoms with van der Waals surface area (Å²) in [7, 11) is -0.183. The lowest BCUT2D eigenvalue weighted by Gasteiger charge is -2.21. The van der Waals surface area contributed by atoms with E-state index in [1.807, 2.05) is 36.2 Å². The molecule has 0 spiro atoms. The van der Waals surface area contributed by atoms with Gasteiger partial charge in [-0.2, -0.15) is 4.31 Å². The van der Waals surface area contributed by atoms with Crippen LogP contribution in [0, 0.1) is 0 Å². The van der Waals surface area contributed by atoms with Crippen molar-refractivity contribution >= 4 is 33.2 Å². The molecular formula is C23H30ClN3O4S. The lowest BCUT2D eigenvalue weighted by Crippen LogP contribution is -2.32. The largest absolute Gasteiger partial charge is 0.497 e. The van der Waals surface area contributed by atoms with E-state index in [4.69, 9.17) is 16.3 Å². The Kier molecular flexibility index (Phi) is 8.53. The average Bonchev–Trinajstić information content (AvgIpc) is 3.05. The van der Waals surface area contributed by atoms with Crippen molar-refractivity contribution in [2.75, 3.05) is 39.1 Å². The van der Waals surface area contributed by atoms with Crippen LogP contribution < -0.4 is 10.1 Å². The van der Waals surface area contributed by atoms with Crippen LogP contribution in [0.5, 0.6) is 5.75 Å². The van der Waals surface area contributed by atoms with Crippen molar-refractivity contribution < 1.29 is 17.9 Å². The van der Waals surface area contributed by atoms with Gasteiger partial charge in [0.25, 0.3) is 0 Å². The molecule has 3 rings (SSSR count). The van der Waals surface area contributed by atoms with Crippen molar-refractivity contribution in [1.82, 2.24) is 9.21 Å². The highest BCUT2D eigenvalue weighted by Crippen LogP contribution is 2.28. The number of ether oxygens (including phenoxy) is 1. The second kappa shape index (κ2) is 11.1. The Bertz CT molecular complexity index is 1040. The second-order valence-electron chi connectivity index (χ2n) is 8.03. The van der Waals surface area contributed by atoms with Crippen LogP contribution in [-0.2, 0) is 21.4 Å². The number of hydrogen-bond donors (Lipinski definition) is 1. The molecule has 0 unspecified atom stereocenters. The highest BCUT2D eigenvalue weighted by atomic mass is 35.5. The van der Waals surface area contributed by atoms with Crippen molar-refractivity contribution in [2.24, 2.45) is 0 Å². The molecule has 1 fully saturated rings. The molecule has 2 aromatic carbocycles. The van der Waals surface area contributed by atoms with Gasteiger partial charge in [-0.1, -0.05) is 36.6 Å². The number of carbonyl (C=O) groups excluding carboxylic acids is 1. The molecule has 1 aliphatic heterocycles. The number of carbonyl (C=O) groups is 1. The van der Waals surface area contributed by atoms with Gasteiger partial charge in [0.2, 0.25) is 15.9 Å². The van der Waals surface area contributed by atoms with E-state index in [0.717, 1.165) is 37.0 Å². The van der Waals surface area contributed by atoms with E-state index in [9.17, 15) is 13.2 Å². The number of amides is 1. The summed E-state index contributed by atoms with van der Waals surface area (Å²) >= 11 is 6.25. The minimum atomic E-state index is -3.63. The smallest absolute Gasteiger partial charge is 0.243 e. The monoisotopic (exact) mass is 479 g/mol. The summed E-state index contributed by atoms with van der Waals surface area (Å²) in [6.45, 7) is 1.71. The molecule has 0 aliphatic carbocycles. The number of rotatable bonds is 8. The van der Waals surface area contributed by atoms with Crippen molar-refractivity contribution in [3.63, 3.8) is 0 Å². The van der Waals surface area contributed by atoms with Gasteiger partial charge in [0.15, 0.2) is 0 Å². The summed E-state index contributed by atoms with van der Waals surface area (Å²) in [6.07, 6.45) is 3.79. The zero-order valence-corrected chi connectivity index (χ0v) is 20.1. The van der Waals surface area contributed by atoms with Gasteiger partial charge in [-0.3, -0.25) is 9.69 Å². The fraction of sp³-hybridized carbons (Fsp3) is 0.435. The van der Waals surface area contributed by atoms with E-state index in [1.54, 1.807) is 7.11 Å². The van der Waals surface area contributed by atoms with E-state index < -0.39 is 10.0 Å². The minimum absolute atomic E-state index is 0.122. The van der Waals surface area contributed by atoms with Gasteiger partial charge >= 0.3 is 0 Å². The Morgan fingerprint density at radius 3 is 2.53 bits per heavy atom. The molecule has 1 saturated heterocycles. The zero-order chi connectivity index (χ0) is 23.1. The molecule has 9 heteroatoms. The molecule has 1 aliphatic rings. The summed E-state index contributed by atoms with van der Waals surface area (Å²) in [6, 6.07) is 12.1. The first-order valence-electron chi connectivity index (χ1n) is 10.7. The van der Waals surface area contributed by atoms with Gasteiger partial charge in [0.05, 0.1) is 29.3 Å². The van der Waals surface area contributed by atoms with Crippen molar-refractivity contribution in [1.29, 1.82) is 0 Å². The van der Waals surface area contributed by atoms with Gasteiger partial charge in [-0.25, -0.2) is 8.42 Å². The van der Waals surface area contributed by atoms with Crippen molar-refractivity contribution in [3.8, 4) is 5.75 Å². The maximum atomic E-state index is 13.1. The maximum Gasteiger partial charge on any atom is 0.243 e. The van der Waals surface area contributed by atoms with E-state index in [0.29, 0.717) is 30.3 Å². The lowest BCUT2D eigenvalue weighted by atomic mass is 10.2. The quantitative estimate of drug-likeness (QED) is 0.619. The van der Waals surface area contributed by atoms with E-state index >= 15 is 0 Å². The molecule has 1 N–H and O–H groups in total. The van der Waals surface area contributed by atoms with Gasteiger partial charge in [0, 0.05) is 19.6 Å². The third-order valence-electron chi connectivity index (χ3n) is 5.41. The number of hydrogen-bond acceptors (Lipinski definition) is 5. The summed E-state index contributed by atoms with van der Waals surface area (Å²) in [5, 5.41) is 3.05. The standard InChI is InChI=1S/C23H30ClN3O4S/c1-26(16-18-8-7-9-19(14-18)31-2)17-23(28)25-22-15-20(10-11-21(22)24)32(29,30)27-12-5-3-4-6-13-27/h7-11,14-15H,3-6,12-13,16-17H2,1-2H3,(H,25,28). The summed E-state index contributed by atoms with van der Waals surface area (Å²) in [5.41, 5.74) is 1.31. The predicted octanol–water partition coefficient (Wildman–Crippen LogP) is 3.98. The van der Waals surface area contributed by atoms with E-state index in [2.05, 4.69) is 5.32 Å². The molecule has 7 nitrogen and oxygen atoms in total. The molecule has 32 heavy (non-hydrogen) atoms. The van der Waals surface area contributed by atoms with Gasteiger partial charge < -0.3 is 10.1 Å². The number of anilines is 1. The number of nitrogens with zero attached hydrogens (tertiary/aromatic N) is 2. The first-order valence-corrected chi connectivity index (χ1v) is 12.5. The highest BCUT2D eigenvalue weighted by molar-refractivity contribution is 7.89. The zero-order valence-electron chi connectivity index (χ0n) is 18.5. The molecule has 1 heterocycles. The Balaban J connectivity index is 1.66. The average molecular weight is 480 g/mol. The Labute approximate surface area is 195 Å². The van der Waals surface area contributed by atoms with E-state index in [-0.39, 0.29) is 17.3 Å². The summed E-state index contributed by atoms with van der Waals surface area (Å²) < 4.78 is 32.9. The molecule has 174 valence electrons. The number of likely N-dealkylation sites (N-methyl/N-ethyl adjacent to an activating group) is 1. The molecule has 1 amide bonds. The third kappa shape index (κ3) is 6.45. The molecule has 0 saturated carbocycles. The SMILES string of the molecule is COc1cccc(CN(C)CC(=O)Nc2cc(S(=O)(=O)N3CCCCCC3)ccc2Cl)c1. The highest BCUT2D eigenvalue weighted by Gasteiger charge is 2.26. The first-order chi connectivity index (χ1) is 15.3.